The highest BCUT2D eigenvalue weighted by Crippen LogP contribution is 2.24. The molecule has 17 heavy (non-hydrogen) atoms. The first kappa shape index (κ1) is 12.9. The van der Waals surface area contributed by atoms with Crippen LogP contribution in [0, 0.1) is 0 Å². The number of nitrogens with two attached hydrogens (primary N) is 1. The maximum absolute atomic E-state index is 12.1. The van der Waals surface area contributed by atoms with Gasteiger partial charge >= 0.3 is 0 Å². The van der Waals surface area contributed by atoms with E-state index in [0.717, 1.165) is 31.7 Å². The van der Waals surface area contributed by atoms with Crippen LogP contribution in [0.2, 0.25) is 0 Å². The molecule has 5 heteroatoms. The van der Waals surface area contributed by atoms with Crippen molar-refractivity contribution in [2.24, 2.45) is 5.73 Å². The maximum atomic E-state index is 12.1. The molecule has 0 bridgehead atoms. The van der Waals surface area contributed by atoms with Crippen LogP contribution in [0.25, 0.3) is 0 Å². The van der Waals surface area contributed by atoms with Crippen LogP contribution in [0.1, 0.15) is 16.9 Å². The van der Waals surface area contributed by atoms with Crippen molar-refractivity contribution in [3.63, 3.8) is 0 Å². The molecule has 0 fully saturated rings. The number of thiophene rings is 1. The molecule has 94 valence electrons. The zero-order valence-corrected chi connectivity index (χ0v) is 11.6. The third kappa shape index (κ3) is 3.03. The van der Waals surface area contributed by atoms with Gasteiger partial charge in [-0.3, -0.25) is 4.79 Å². The number of thioether (sulfide) groups is 1. The van der Waals surface area contributed by atoms with Gasteiger partial charge in [-0.05, 0) is 41.9 Å². The van der Waals surface area contributed by atoms with E-state index in [1.54, 1.807) is 23.1 Å². The average molecular weight is 270 g/mol. The zero-order valence-electron chi connectivity index (χ0n) is 10.0. The van der Waals surface area contributed by atoms with Gasteiger partial charge in [0.15, 0.2) is 0 Å². The van der Waals surface area contributed by atoms with Gasteiger partial charge in [-0.15, -0.1) is 11.3 Å². The maximum Gasteiger partial charge on any atom is 0.239 e. The molecule has 1 aromatic rings. The van der Waals surface area contributed by atoms with E-state index in [1.807, 2.05) is 11.2 Å². The molecule has 1 aromatic heterocycles. The van der Waals surface area contributed by atoms with E-state index in [2.05, 4.69) is 11.4 Å². The molecule has 1 amide bonds. The van der Waals surface area contributed by atoms with E-state index < -0.39 is 0 Å². The predicted molar refractivity (Wildman–Crippen MR) is 74.4 cm³/mol. The van der Waals surface area contributed by atoms with E-state index in [1.165, 1.54) is 10.4 Å². The van der Waals surface area contributed by atoms with Crippen LogP contribution in [-0.4, -0.2) is 35.4 Å². The van der Waals surface area contributed by atoms with Gasteiger partial charge in [-0.2, -0.15) is 11.8 Å². The van der Waals surface area contributed by atoms with E-state index in [0.29, 0.717) is 0 Å². The molecule has 0 unspecified atom stereocenters. The lowest BCUT2D eigenvalue weighted by Crippen LogP contribution is -2.45. The molecule has 2 rings (SSSR count). The van der Waals surface area contributed by atoms with Crippen molar-refractivity contribution < 1.29 is 4.79 Å². The van der Waals surface area contributed by atoms with E-state index in [9.17, 15) is 4.79 Å². The molecule has 1 aliphatic rings. The minimum Gasteiger partial charge on any atom is -0.337 e. The van der Waals surface area contributed by atoms with Crippen LogP contribution >= 0.6 is 23.1 Å². The van der Waals surface area contributed by atoms with Crippen molar-refractivity contribution in [3.8, 4) is 0 Å². The van der Waals surface area contributed by atoms with Gasteiger partial charge in [-0.25, -0.2) is 0 Å². The molecule has 0 spiro atoms. The highest BCUT2D eigenvalue weighted by molar-refractivity contribution is 7.98. The third-order valence-electron chi connectivity index (χ3n) is 3.07. The Morgan fingerprint density at radius 3 is 3.29 bits per heavy atom. The summed E-state index contributed by atoms with van der Waals surface area (Å²) >= 11 is 3.52. The first-order valence-electron chi connectivity index (χ1n) is 5.81. The minimum atomic E-state index is -0.331. The second kappa shape index (κ2) is 5.89. The number of hydrogen-bond acceptors (Lipinski definition) is 4. The standard InChI is InChI=1S/C12H18N2OS2/c1-16-6-4-10(13)12(15)14-5-2-11-9(8-14)3-7-17-11/h3,7,10H,2,4-6,8,13H2,1H3/t10-/m1/s1. The fraction of sp³-hybridized carbons (Fsp3) is 0.583. The van der Waals surface area contributed by atoms with Gasteiger partial charge in [0, 0.05) is 18.0 Å². The van der Waals surface area contributed by atoms with Crippen molar-refractivity contribution in [2.75, 3.05) is 18.6 Å². The summed E-state index contributed by atoms with van der Waals surface area (Å²) in [6.45, 7) is 1.56. The predicted octanol–water partition coefficient (Wildman–Crippen LogP) is 1.71. The van der Waals surface area contributed by atoms with Crippen molar-refractivity contribution in [2.45, 2.75) is 25.4 Å². The zero-order chi connectivity index (χ0) is 12.3. The van der Waals surface area contributed by atoms with Gasteiger partial charge in [0.2, 0.25) is 5.91 Å². The average Bonchev–Trinajstić information content (AvgIpc) is 2.81. The summed E-state index contributed by atoms with van der Waals surface area (Å²) in [7, 11) is 0. The molecule has 2 N–H and O–H groups in total. The molecule has 3 nitrogen and oxygen atoms in total. The van der Waals surface area contributed by atoms with Gasteiger partial charge in [0.1, 0.15) is 0 Å². The molecule has 0 saturated heterocycles. The smallest absolute Gasteiger partial charge is 0.239 e. The van der Waals surface area contributed by atoms with Crippen molar-refractivity contribution in [3.05, 3.63) is 21.9 Å². The summed E-state index contributed by atoms with van der Waals surface area (Å²) in [5, 5.41) is 2.10. The number of fused-ring (bicyclic) bond motifs is 1. The van der Waals surface area contributed by atoms with E-state index >= 15 is 0 Å². The molecule has 1 aliphatic heterocycles. The Labute approximate surface area is 110 Å². The molecule has 0 aromatic carbocycles. The Morgan fingerprint density at radius 1 is 1.71 bits per heavy atom. The third-order valence-corrected chi connectivity index (χ3v) is 4.74. The summed E-state index contributed by atoms with van der Waals surface area (Å²) in [6.07, 6.45) is 3.79. The van der Waals surface area contributed by atoms with Crippen LogP contribution in [0.15, 0.2) is 11.4 Å². The SMILES string of the molecule is CSCC[C@@H](N)C(=O)N1CCc2sccc2C1. The number of amides is 1. The molecule has 2 heterocycles. The van der Waals surface area contributed by atoms with Crippen LogP contribution in [0.4, 0.5) is 0 Å². The Kier molecular flexibility index (Phi) is 4.48. The number of nitrogens with zero attached hydrogens (tertiary/aromatic N) is 1. The first-order chi connectivity index (χ1) is 8.22. The molecule has 0 radical (unpaired) electrons. The number of hydrogen-bond donors (Lipinski definition) is 1. The van der Waals surface area contributed by atoms with E-state index in [-0.39, 0.29) is 11.9 Å². The Morgan fingerprint density at radius 2 is 2.53 bits per heavy atom. The van der Waals surface area contributed by atoms with Crippen LogP contribution in [-0.2, 0) is 17.8 Å². The number of carbonyl (C=O) groups is 1. The first-order valence-corrected chi connectivity index (χ1v) is 8.08. The fourth-order valence-electron chi connectivity index (χ4n) is 2.04. The highest BCUT2D eigenvalue weighted by Gasteiger charge is 2.25. The Bertz CT molecular complexity index is 392. The van der Waals surface area contributed by atoms with Gasteiger partial charge in [0.25, 0.3) is 0 Å². The lowest BCUT2D eigenvalue weighted by Gasteiger charge is -2.29. The molecular formula is C12H18N2OS2. The Balaban J connectivity index is 1.93. The summed E-state index contributed by atoms with van der Waals surface area (Å²) in [5.41, 5.74) is 7.23. The van der Waals surface area contributed by atoms with Crippen molar-refractivity contribution in [1.82, 2.24) is 4.90 Å². The largest absolute Gasteiger partial charge is 0.337 e. The number of rotatable bonds is 4. The second-order valence-electron chi connectivity index (χ2n) is 4.27. The lowest BCUT2D eigenvalue weighted by atomic mass is 10.1. The van der Waals surface area contributed by atoms with E-state index in [4.69, 9.17) is 5.73 Å². The molecule has 0 saturated carbocycles. The Hall–Kier alpha value is -0.520. The lowest BCUT2D eigenvalue weighted by molar-refractivity contribution is -0.133. The monoisotopic (exact) mass is 270 g/mol. The number of carbonyl (C=O) groups excluding carboxylic acids is 1. The van der Waals surface area contributed by atoms with Gasteiger partial charge < -0.3 is 10.6 Å². The summed E-state index contributed by atoms with van der Waals surface area (Å²) in [5.74, 6) is 1.06. The van der Waals surface area contributed by atoms with Crippen LogP contribution < -0.4 is 5.73 Å². The van der Waals surface area contributed by atoms with Crippen molar-refractivity contribution in [1.29, 1.82) is 0 Å². The summed E-state index contributed by atoms with van der Waals surface area (Å²) < 4.78 is 0. The molecule has 0 aliphatic carbocycles. The normalized spacial score (nSPS) is 16.7. The van der Waals surface area contributed by atoms with Gasteiger partial charge in [0.05, 0.1) is 6.04 Å². The van der Waals surface area contributed by atoms with Gasteiger partial charge in [-0.1, -0.05) is 0 Å². The summed E-state index contributed by atoms with van der Waals surface area (Å²) in [6, 6.07) is 1.79. The summed E-state index contributed by atoms with van der Waals surface area (Å²) in [4.78, 5) is 15.5. The molecular weight excluding hydrogens is 252 g/mol. The second-order valence-corrected chi connectivity index (χ2v) is 6.25. The quantitative estimate of drug-likeness (QED) is 0.906. The van der Waals surface area contributed by atoms with Crippen LogP contribution in [0.5, 0.6) is 0 Å². The molecule has 1 atom stereocenters. The van der Waals surface area contributed by atoms with Crippen molar-refractivity contribution >= 4 is 29.0 Å². The minimum absolute atomic E-state index is 0.107. The topological polar surface area (TPSA) is 46.3 Å². The van der Waals surface area contributed by atoms with Crippen LogP contribution in [0.3, 0.4) is 0 Å². The fourth-order valence-corrected chi connectivity index (χ4v) is 3.42. The highest BCUT2D eigenvalue weighted by atomic mass is 32.2.